The normalized spacial score (nSPS) is 11.6. The standard InChI is InChI=1S/C25H20N6O2/c1-30-22-14-28-20-8-6-16(17-5-4-10-27-13-17)11-19(20)24(22)31(25(30)29-15-26)21-9-7-18(32-2)12-23(21)33-3/h4-14H,1-3H3. The van der Waals surface area contributed by atoms with Crippen LogP contribution >= 0.6 is 0 Å². The van der Waals surface area contributed by atoms with Crippen LogP contribution in [0.25, 0.3) is 38.8 Å². The Balaban J connectivity index is 1.94. The molecule has 33 heavy (non-hydrogen) atoms. The van der Waals surface area contributed by atoms with Crippen molar-refractivity contribution in [3.63, 3.8) is 0 Å². The van der Waals surface area contributed by atoms with Gasteiger partial charge in [-0.25, -0.2) is 0 Å². The smallest absolute Gasteiger partial charge is 0.226 e. The number of ether oxygens (including phenoxy) is 2. The lowest BCUT2D eigenvalue weighted by Crippen LogP contribution is -2.23. The number of methoxy groups -OCH3 is 2. The van der Waals surface area contributed by atoms with Crippen LogP contribution in [0.3, 0.4) is 0 Å². The van der Waals surface area contributed by atoms with Crippen LogP contribution in [-0.2, 0) is 7.05 Å². The third kappa shape index (κ3) is 3.27. The molecule has 162 valence electrons. The summed E-state index contributed by atoms with van der Waals surface area (Å²) in [5.41, 5.74) is 5.73. The van der Waals surface area contributed by atoms with Gasteiger partial charge in [-0.2, -0.15) is 5.26 Å². The molecule has 8 nitrogen and oxygen atoms in total. The zero-order valence-corrected chi connectivity index (χ0v) is 18.4. The van der Waals surface area contributed by atoms with Crippen molar-refractivity contribution in [2.75, 3.05) is 14.2 Å². The van der Waals surface area contributed by atoms with Gasteiger partial charge in [0.2, 0.25) is 11.8 Å². The summed E-state index contributed by atoms with van der Waals surface area (Å²) < 4.78 is 14.8. The van der Waals surface area contributed by atoms with Crippen molar-refractivity contribution in [1.29, 1.82) is 5.26 Å². The van der Waals surface area contributed by atoms with Crippen LogP contribution in [-0.4, -0.2) is 33.3 Å². The Morgan fingerprint density at radius 1 is 1.00 bits per heavy atom. The van der Waals surface area contributed by atoms with Gasteiger partial charge >= 0.3 is 0 Å². The molecule has 0 unspecified atom stereocenters. The molecule has 0 aliphatic rings. The first kappa shape index (κ1) is 20.3. The first-order valence-corrected chi connectivity index (χ1v) is 10.2. The molecular formula is C25H20N6O2. The Hall–Kier alpha value is -4.64. The fourth-order valence-electron chi connectivity index (χ4n) is 4.09. The van der Waals surface area contributed by atoms with Gasteiger partial charge in [0.05, 0.1) is 42.7 Å². The van der Waals surface area contributed by atoms with E-state index in [1.807, 2.05) is 71.0 Å². The fourth-order valence-corrected chi connectivity index (χ4v) is 4.09. The fraction of sp³-hybridized carbons (Fsp3) is 0.120. The van der Waals surface area contributed by atoms with E-state index in [0.29, 0.717) is 17.1 Å². The molecule has 0 atom stereocenters. The molecule has 0 saturated carbocycles. The third-order valence-corrected chi connectivity index (χ3v) is 5.68. The molecule has 0 radical (unpaired) electrons. The van der Waals surface area contributed by atoms with Crippen molar-refractivity contribution >= 4 is 21.9 Å². The quantitative estimate of drug-likeness (QED) is 0.398. The number of aromatic nitrogens is 4. The van der Waals surface area contributed by atoms with Crippen LogP contribution in [0.15, 0.2) is 72.1 Å². The number of pyridine rings is 2. The van der Waals surface area contributed by atoms with Crippen LogP contribution in [0.5, 0.6) is 11.5 Å². The minimum Gasteiger partial charge on any atom is -0.497 e. The topological polar surface area (TPSA) is 90.2 Å². The zero-order valence-electron chi connectivity index (χ0n) is 18.4. The second-order valence-electron chi connectivity index (χ2n) is 7.41. The van der Waals surface area contributed by atoms with Gasteiger partial charge in [0.1, 0.15) is 11.5 Å². The molecule has 3 aromatic heterocycles. The van der Waals surface area contributed by atoms with Crippen LogP contribution < -0.4 is 15.1 Å². The van der Waals surface area contributed by atoms with Crippen molar-refractivity contribution in [3.8, 4) is 34.5 Å². The average Bonchev–Trinajstić information content (AvgIpc) is 3.15. The highest BCUT2D eigenvalue weighted by atomic mass is 16.5. The number of benzene rings is 2. The van der Waals surface area contributed by atoms with Gasteiger partial charge in [-0.3, -0.25) is 14.5 Å². The Labute approximate surface area is 189 Å². The minimum atomic E-state index is 0.456. The predicted octanol–water partition coefficient (Wildman–Crippen LogP) is 3.98. The van der Waals surface area contributed by atoms with E-state index < -0.39 is 0 Å². The molecule has 0 bridgehead atoms. The highest BCUT2D eigenvalue weighted by Gasteiger charge is 2.19. The summed E-state index contributed by atoms with van der Waals surface area (Å²) in [7, 11) is 5.07. The van der Waals surface area contributed by atoms with Gasteiger partial charge in [0.15, 0.2) is 0 Å². The number of rotatable bonds is 4. The number of fused-ring (bicyclic) bond motifs is 3. The molecule has 5 rings (SSSR count). The van der Waals surface area contributed by atoms with Crippen molar-refractivity contribution < 1.29 is 9.47 Å². The molecule has 3 heterocycles. The van der Waals surface area contributed by atoms with Gasteiger partial charge < -0.3 is 14.0 Å². The third-order valence-electron chi connectivity index (χ3n) is 5.68. The lowest BCUT2D eigenvalue weighted by molar-refractivity contribution is 0.393. The second-order valence-corrected chi connectivity index (χ2v) is 7.41. The number of nitriles is 1. The maximum absolute atomic E-state index is 9.44. The number of nitrogens with zero attached hydrogens (tertiary/aromatic N) is 6. The van der Waals surface area contributed by atoms with Crippen molar-refractivity contribution in [2.45, 2.75) is 0 Å². The summed E-state index contributed by atoms with van der Waals surface area (Å²) in [5.74, 6) is 1.26. The van der Waals surface area contributed by atoms with Crippen molar-refractivity contribution in [3.05, 3.63) is 72.7 Å². The molecular weight excluding hydrogens is 416 g/mol. The zero-order chi connectivity index (χ0) is 22.9. The van der Waals surface area contributed by atoms with Gasteiger partial charge in [-0.1, -0.05) is 12.1 Å². The van der Waals surface area contributed by atoms with Gasteiger partial charge in [0.25, 0.3) is 0 Å². The Bertz CT molecular complexity index is 1610. The van der Waals surface area contributed by atoms with Gasteiger partial charge in [0, 0.05) is 36.5 Å². The van der Waals surface area contributed by atoms with E-state index in [2.05, 4.69) is 21.0 Å². The Morgan fingerprint density at radius 3 is 2.61 bits per heavy atom. The molecule has 0 saturated heterocycles. The monoisotopic (exact) mass is 436 g/mol. The highest BCUT2D eigenvalue weighted by molar-refractivity contribution is 6.04. The number of hydrogen-bond acceptors (Lipinski definition) is 6. The lowest BCUT2D eigenvalue weighted by atomic mass is 10.0. The summed E-state index contributed by atoms with van der Waals surface area (Å²) in [6, 6.07) is 15.6. The molecule has 0 spiro atoms. The van der Waals surface area contributed by atoms with Crippen molar-refractivity contribution in [1.82, 2.24) is 19.1 Å². The molecule has 0 N–H and O–H groups in total. The first-order chi connectivity index (χ1) is 16.2. The molecule has 0 aliphatic heterocycles. The second kappa shape index (κ2) is 8.13. The lowest BCUT2D eigenvalue weighted by Gasteiger charge is -2.13. The van der Waals surface area contributed by atoms with Crippen LogP contribution in [0.4, 0.5) is 0 Å². The SMILES string of the molecule is COc1ccc(-n2c(=NC#N)n(C)c3cnc4ccc(-c5cccnc5)cc4c32)c(OC)c1. The summed E-state index contributed by atoms with van der Waals surface area (Å²) in [6.07, 6.45) is 7.31. The summed E-state index contributed by atoms with van der Waals surface area (Å²) in [5, 5.41) is 10.4. The van der Waals surface area contributed by atoms with E-state index in [9.17, 15) is 5.26 Å². The maximum Gasteiger partial charge on any atom is 0.226 e. The Kier molecular flexibility index (Phi) is 4.99. The van der Waals surface area contributed by atoms with E-state index in [4.69, 9.17) is 9.47 Å². The predicted molar refractivity (Wildman–Crippen MR) is 125 cm³/mol. The largest absolute Gasteiger partial charge is 0.497 e. The van der Waals surface area contributed by atoms with E-state index in [-0.39, 0.29) is 0 Å². The Morgan fingerprint density at radius 2 is 1.88 bits per heavy atom. The van der Waals surface area contributed by atoms with Gasteiger partial charge in [-0.15, -0.1) is 4.99 Å². The summed E-state index contributed by atoms with van der Waals surface area (Å²) in [6.45, 7) is 0. The molecule has 2 aromatic carbocycles. The van der Waals surface area contributed by atoms with Gasteiger partial charge in [-0.05, 0) is 35.9 Å². The first-order valence-electron chi connectivity index (χ1n) is 10.2. The molecule has 0 aliphatic carbocycles. The van der Waals surface area contributed by atoms with Crippen LogP contribution in [0.2, 0.25) is 0 Å². The van der Waals surface area contributed by atoms with E-state index >= 15 is 0 Å². The number of imidazole rings is 1. The molecule has 8 heteroatoms. The summed E-state index contributed by atoms with van der Waals surface area (Å²) >= 11 is 0. The maximum atomic E-state index is 9.44. The summed E-state index contributed by atoms with van der Waals surface area (Å²) in [4.78, 5) is 13.0. The molecule has 0 fully saturated rings. The average molecular weight is 436 g/mol. The van der Waals surface area contributed by atoms with E-state index in [0.717, 1.165) is 38.8 Å². The number of hydrogen-bond donors (Lipinski definition) is 0. The molecule has 5 aromatic rings. The number of aryl methyl sites for hydroxylation is 1. The molecule has 0 amide bonds. The van der Waals surface area contributed by atoms with Crippen LogP contribution in [0, 0.1) is 11.5 Å². The van der Waals surface area contributed by atoms with E-state index in [1.54, 1.807) is 26.6 Å². The van der Waals surface area contributed by atoms with E-state index in [1.165, 1.54) is 0 Å². The highest BCUT2D eigenvalue weighted by Crippen LogP contribution is 2.33. The van der Waals surface area contributed by atoms with Crippen LogP contribution in [0.1, 0.15) is 0 Å². The minimum absolute atomic E-state index is 0.456. The van der Waals surface area contributed by atoms with Crippen molar-refractivity contribution in [2.24, 2.45) is 12.0 Å².